The maximum Gasteiger partial charge on any atom is 0.0229 e. The van der Waals surface area contributed by atoms with Crippen LogP contribution in [0.2, 0.25) is 0 Å². The van der Waals surface area contributed by atoms with Gasteiger partial charge in [0.1, 0.15) is 0 Å². The van der Waals surface area contributed by atoms with Gasteiger partial charge in [0.2, 0.25) is 0 Å². The molecule has 1 fully saturated rings. The molecule has 0 spiro atoms. The van der Waals surface area contributed by atoms with Crippen molar-refractivity contribution in [1.82, 2.24) is 5.32 Å². The van der Waals surface area contributed by atoms with Crippen LogP contribution >= 0.6 is 11.6 Å². The van der Waals surface area contributed by atoms with Gasteiger partial charge in [0.25, 0.3) is 0 Å². The van der Waals surface area contributed by atoms with Crippen molar-refractivity contribution in [2.45, 2.75) is 46.0 Å². The maximum absolute atomic E-state index is 5.76. The molecule has 0 aromatic heterocycles. The fraction of sp³-hybridized carbons (Fsp3) is 1.00. The highest BCUT2D eigenvalue weighted by Gasteiger charge is 2.18. The van der Waals surface area contributed by atoms with Crippen molar-refractivity contribution in [3.8, 4) is 0 Å². The Bertz CT molecular complexity index is 150. The van der Waals surface area contributed by atoms with Crippen LogP contribution in [-0.4, -0.2) is 19.0 Å². The Kier molecular flexibility index (Phi) is 5.25. The molecular formula is C12H24ClN. The molecule has 0 aromatic carbocycles. The van der Waals surface area contributed by atoms with Gasteiger partial charge in [-0.1, -0.05) is 26.7 Å². The van der Waals surface area contributed by atoms with E-state index in [0.717, 1.165) is 24.8 Å². The average molecular weight is 218 g/mol. The largest absolute Gasteiger partial charge is 0.316 e. The first-order chi connectivity index (χ1) is 6.64. The minimum atomic E-state index is 0.361. The van der Waals surface area contributed by atoms with Crippen LogP contribution in [0.5, 0.6) is 0 Å². The van der Waals surface area contributed by atoms with Gasteiger partial charge in [-0.2, -0.15) is 0 Å². The summed E-state index contributed by atoms with van der Waals surface area (Å²) >= 11 is 5.76. The quantitative estimate of drug-likeness (QED) is 0.673. The van der Waals surface area contributed by atoms with Gasteiger partial charge in [-0.25, -0.2) is 0 Å². The molecule has 0 atom stereocenters. The summed E-state index contributed by atoms with van der Waals surface area (Å²) in [5, 5.41) is 3.59. The van der Waals surface area contributed by atoms with Crippen molar-refractivity contribution in [3.05, 3.63) is 0 Å². The summed E-state index contributed by atoms with van der Waals surface area (Å²) in [4.78, 5) is 0. The van der Waals surface area contributed by atoms with Gasteiger partial charge in [-0.05, 0) is 37.1 Å². The summed E-state index contributed by atoms with van der Waals surface area (Å²) in [7, 11) is 0. The van der Waals surface area contributed by atoms with Gasteiger partial charge in [-0.15, -0.1) is 11.6 Å². The molecule has 2 heteroatoms. The van der Waals surface area contributed by atoms with Gasteiger partial charge >= 0.3 is 0 Å². The van der Waals surface area contributed by atoms with E-state index in [0.29, 0.717) is 5.41 Å². The highest BCUT2D eigenvalue weighted by molar-refractivity contribution is 6.17. The number of halogens is 1. The Morgan fingerprint density at radius 2 is 1.93 bits per heavy atom. The smallest absolute Gasteiger partial charge is 0.0229 e. The predicted molar refractivity (Wildman–Crippen MR) is 63.9 cm³/mol. The summed E-state index contributed by atoms with van der Waals surface area (Å²) < 4.78 is 0. The lowest BCUT2D eigenvalue weighted by molar-refractivity contribution is 0.318. The van der Waals surface area contributed by atoms with Gasteiger partial charge in [-0.3, -0.25) is 0 Å². The van der Waals surface area contributed by atoms with Crippen LogP contribution in [0.1, 0.15) is 46.0 Å². The zero-order valence-corrected chi connectivity index (χ0v) is 10.4. The van der Waals surface area contributed by atoms with E-state index in [1.165, 1.54) is 32.2 Å². The molecule has 0 bridgehead atoms. The molecular weight excluding hydrogens is 194 g/mol. The topological polar surface area (TPSA) is 12.0 Å². The number of hydrogen-bond acceptors (Lipinski definition) is 1. The summed E-state index contributed by atoms with van der Waals surface area (Å²) in [5.41, 5.74) is 0.361. The van der Waals surface area contributed by atoms with E-state index >= 15 is 0 Å². The van der Waals surface area contributed by atoms with Gasteiger partial charge in [0.15, 0.2) is 0 Å². The van der Waals surface area contributed by atoms with Crippen molar-refractivity contribution in [2.24, 2.45) is 11.3 Å². The lowest BCUT2D eigenvalue weighted by atomic mass is 9.90. The molecule has 1 aliphatic carbocycles. The monoisotopic (exact) mass is 217 g/mol. The zero-order valence-electron chi connectivity index (χ0n) is 9.61. The van der Waals surface area contributed by atoms with Gasteiger partial charge in [0.05, 0.1) is 0 Å². The molecule has 1 aliphatic rings. The van der Waals surface area contributed by atoms with Crippen molar-refractivity contribution >= 4 is 11.6 Å². The van der Waals surface area contributed by atoms with Gasteiger partial charge in [0, 0.05) is 12.4 Å². The predicted octanol–water partition coefficient (Wildman–Crippen LogP) is 3.42. The fourth-order valence-electron chi connectivity index (χ4n) is 2.17. The van der Waals surface area contributed by atoms with Crippen LogP contribution in [0.4, 0.5) is 0 Å². The summed E-state index contributed by atoms with van der Waals surface area (Å²) in [5.74, 6) is 1.72. The molecule has 0 saturated heterocycles. The molecule has 0 aliphatic heterocycles. The Balaban J connectivity index is 2.07. The third-order valence-corrected chi connectivity index (χ3v) is 3.47. The van der Waals surface area contributed by atoms with E-state index in [9.17, 15) is 0 Å². The molecule has 0 radical (unpaired) electrons. The minimum Gasteiger partial charge on any atom is -0.316 e. The minimum absolute atomic E-state index is 0.361. The number of alkyl halides is 1. The fourth-order valence-corrected chi connectivity index (χ4v) is 2.68. The molecule has 0 heterocycles. The van der Waals surface area contributed by atoms with E-state index in [-0.39, 0.29) is 0 Å². The molecule has 1 saturated carbocycles. The number of rotatable bonds is 6. The van der Waals surface area contributed by atoms with Crippen LogP contribution in [0, 0.1) is 11.3 Å². The molecule has 14 heavy (non-hydrogen) atoms. The van der Waals surface area contributed by atoms with E-state index in [4.69, 9.17) is 11.6 Å². The first-order valence-corrected chi connectivity index (χ1v) is 6.44. The standard InChI is InChI=1S/C12H24ClN/c1-12(2,7-8-13)10-14-9-11-5-3-4-6-11/h11,14H,3-10H2,1-2H3. The third kappa shape index (κ3) is 4.65. The Hall–Kier alpha value is 0.250. The van der Waals surface area contributed by atoms with Gasteiger partial charge < -0.3 is 5.32 Å². The van der Waals surface area contributed by atoms with Crippen molar-refractivity contribution in [1.29, 1.82) is 0 Å². The second-order valence-corrected chi connectivity index (χ2v) is 5.76. The van der Waals surface area contributed by atoms with Crippen molar-refractivity contribution < 1.29 is 0 Å². The third-order valence-electron chi connectivity index (χ3n) is 3.28. The average Bonchev–Trinajstić information content (AvgIpc) is 2.56. The second kappa shape index (κ2) is 5.97. The zero-order chi connectivity index (χ0) is 10.4. The van der Waals surface area contributed by atoms with Crippen molar-refractivity contribution in [3.63, 3.8) is 0 Å². The second-order valence-electron chi connectivity index (χ2n) is 5.38. The summed E-state index contributed by atoms with van der Waals surface area (Å²) in [6, 6.07) is 0. The SMILES string of the molecule is CC(C)(CCCl)CNCC1CCCC1. The Labute approximate surface area is 93.6 Å². The van der Waals surface area contributed by atoms with Crippen molar-refractivity contribution in [2.75, 3.05) is 19.0 Å². The van der Waals surface area contributed by atoms with E-state index in [1.54, 1.807) is 0 Å². The Morgan fingerprint density at radius 3 is 2.50 bits per heavy atom. The van der Waals surface area contributed by atoms with Crippen LogP contribution in [0.25, 0.3) is 0 Å². The molecule has 84 valence electrons. The lowest BCUT2D eigenvalue weighted by Gasteiger charge is -2.24. The molecule has 1 N–H and O–H groups in total. The van der Waals surface area contributed by atoms with E-state index in [2.05, 4.69) is 19.2 Å². The highest BCUT2D eigenvalue weighted by atomic mass is 35.5. The molecule has 1 nitrogen and oxygen atoms in total. The first kappa shape index (κ1) is 12.3. The number of hydrogen-bond donors (Lipinski definition) is 1. The van der Waals surface area contributed by atoms with Crippen LogP contribution in [0.3, 0.4) is 0 Å². The normalized spacial score (nSPS) is 19.1. The van der Waals surface area contributed by atoms with Crippen LogP contribution in [0.15, 0.2) is 0 Å². The highest BCUT2D eigenvalue weighted by Crippen LogP contribution is 2.24. The first-order valence-electron chi connectivity index (χ1n) is 5.91. The lowest BCUT2D eigenvalue weighted by Crippen LogP contribution is -2.32. The molecule has 0 unspecified atom stereocenters. The molecule has 0 amide bonds. The summed E-state index contributed by atoms with van der Waals surface area (Å²) in [6.07, 6.45) is 6.85. The molecule has 1 rings (SSSR count). The van der Waals surface area contributed by atoms with Crippen LogP contribution in [-0.2, 0) is 0 Å². The molecule has 0 aromatic rings. The van der Waals surface area contributed by atoms with Crippen LogP contribution < -0.4 is 5.32 Å². The Morgan fingerprint density at radius 1 is 1.29 bits per heavy atom. The summed E-state index contributed by atoms with van der Waals surface area (Å²) in [6.45, 7) is 6.90. The van der Waals surface area contributed by atoms with E-state index in [1.807, 2.05) is 0 Å². The van der Waals surface area contributed by atoms with E-state index < -0.39 is 0 Å². The maximum atomic E-state index is 5.76. The number of nitrogens with one attached hydrogen (secondary N) is 1.